The van der Waals surface area contributed by atoms with Crippen molar-refractivity contribution in [2.45, 2.75) is 31.3 Å². The van der Waals surface area contributed by atoms with Crippen LogP contribution in [0.4, 0.5) is 0 Å². The van der Waals surface area contributed by atoms with E-state index in [0.29, 0.717) is 37.1 Å². The minimum absolute atomic E-state index is 0. The van der Waals surface area contributed by atoms with Gasteiger partial charge in [-0.25, -0.2) is 0 Å². The number of methoxy groups -OCH3 is 3. The molecule has 6 heteroatoms. The summed E-state index contributed by atoms with van der Waals surface area (Å²) in [6.45, 7) is 0. The first-order valence-electron chi connectivity index (χ1n) is 6.80. The molecule has 1 aromatic carbocycles. The zero-order chi connectivity index (χ0) is 14.5. The van der Waals surface area contributed by atoms with Crippen LogP contribution in [0.3, 0.4) is 0 Å². The van der Waals surface area contributed by atoms with Crippen molar-refractivity contribution >= 4 is 33.0 Å². The molecule has 4 nitrogen and oxygen atoms in total. The summed E-state index contributed by atoms with van der Waals surface area (Å²) in [4.78, 5) is 12.6. The third-order valence-corrected chi connectivity index (χ3v) is 5.13. The Hall–Kier alpha value is -0.683. The monoisotopic (exact) mass is 304 g/mol. The quantitative estimate of drug-likeness (QED) is 0.599. The summed E-state index contributed by atoms with van der Waals surface area (Å²) in [5.41, 5.74) is 1.19. The summed E-state index contributed by atoms with van der Waals surface area (Å²) >= 11 is 0. The minimum atomic E-state index is 0. The maximum atomic E-state index is 12.6. The van der Waals surface area contributed by atoms with Gasteiger partial charge in [0.05, 0.1) is 21.3 Å². The average molecular weight is 304 g/mol. The van der Waals surface area contributed by atoms with Crippen molar-refractivity contribution in [3.05, 3.63) is 17.7 Å². The Balaban J connectivity index is 0.00000220. The molecule has 0 amide bonds. The van der Waals surface area contributed by atoms with E-state index in [1.165, 1.54) is 12.8 Å². The van der Waals surface area contributed by atoms with Gasteiger partial charge in [-0.1, -0.05) is 12.8 Å². The van der Waals surface area contributed by atoms with E-state index in [1.54, 1.807) is 33.5 Å². The zero-order valence-electron chi connectivity index (χ0n) is 12.2. The molecule has 1 aromatic rings. The topological polar surface area (TPSA) is 44.8 Å². The average Bonchev–Trinajstić information content (AvgIpc) is 2.98. The standard InChI is InChI=1S/C15H21O4P.Li.H/c1-17-10-8-12(18-2)14(13(9-10)19-3)15(16)20-11-6-4-5-7-11;;/h8-9,11,20H,4-7H2,1-3H3;;. The van der Waals surface area contributed by atoms with Gasteiger partial charge in [0.15, 0.2) is 5.52 Å². The van der Waals surface area contributed by atoms with Gasteiger partial charge in [0, 0.05) is 12.1 Å². The fraction of sp³-hybridized carbons (Fsp3) is 0.533. The van der Waals surface area contributed by atoms with Crippen LogP contribution in [0.15, 0.2) is 12.1 Å². The molecule has 1 fully saturated rings. The van der Waals surface area contributed by atoms with E-state index in [0.717, 1.165) is 12.8 Å². The van der Waals surface area contributed by atoms with Crippen LogP contribution in [-0.4, -0.2) is 51.4 Å². The van der Waals surface area contributed by atoms with E-state index < -0.39 is 0 Å². The molecule has 0 radical (unpaired) electrons. The van der Waals surface area contributed by atoms with E-state index in [1.807, 2.05) is 0 Å². The van der Waals surface area contributed by atoms with Crippen LogP contribution in [0.2, 0.25) is 0 Å². The second kappa shape index (κ2) is 8.69. The molecule has 1 unspecified atom stereocenters. The molecule has 2 rings (SSSR count). The second-order valence-corrected chi connectivity index (χ2v) is 6.42. The van der Waals surface area contributed by atoms with Gasteiger partial charge in [-0.3, -0.25) is 4.79 Å². The molecule has 0 heterocycles. The second-order valence-electron chi connectivity index (χ2n) is 4.86. The van der Waals surface area contributed by atoms with Crippen LogP contribution in [0.1, 0.15) is 36.0 Å². The molecule has 1 saturated carbocycles. The van der Waals surface area contributed by atoms with Crippen molar-refractivity contribution in [1.82, 2.24) is 0 Å². The summed E-state index contributed by atoms with van der Waals surface area (Å²) in [5, 5.41) is 0. The van der Waals surface area contributed by atoms with E-state index in [-0.39, 0.29) is 24.4 Å². The Morgan fingerprint density at radius 2 is 1.57 bits per heavy atom. The van der Waals surface area contributed by atoms with Crippen LogP contribution in [-0.2, 0) is 0 Å². The maximum absolute atomic E-state index is 12.6. The fourth-order valence-electron chi connectivity index (χ4n) is 2.56. The van der Waals surface area contributed by atoms with Crippen molar-refractivity contribution in [2.75, 3.05) is 21.3 Å². The molecule has 0 saturated heterocycles. The molecule has 0 N–H and O–H groups in total. The summed E-state index contributed by atoms with van der Waals surface area (Å²) in [6.07, 6.45) is 4.79. The van der Waals surface area contributed by atoms with Gasteiger partial charge in [0.1, 0.15) is 22.8 Å². The predicted octanol–water partition coefficient (Wildman–Crippen LogP) is 2.83. The molecule has 21 heavy (non-hydrogen) atoms. The van der Waals surface area contributed by atoms with Crippen molar-refractivity contribution in [3.8, 4) is 17.2 Å². The van der Waals surface area contributed by atoms with Gasteiger partial charge in [-0.05, 0) is 27.1 Å². The molecular weight excluding hydrogens is 282 g/mol. The van der Waals surface area contributed by atoms with Gasteiger partial charge in [0.25, 0.3) is 0 Å². The molecule has 0 spiro atoms. The van der Waals surface area contributed by atoms with Gasteiger partial charge >= 0.3 is 18.9 Å². The predicted molar refractivity (Wildman–Crippen MR) is 88.1 cm³/mol. The SMILES string of the molecule is COc1cc(OC)c(C(=O)PC2CCCC2)c(OC)c1.[LiH]. The van der Waals surface area contributed by atoms with Crippen molar-refractivity contribution in [1.29, 1.82) is 0 Å². The molecule has 0 aliphatic heterocycles. The van der Waals surface area contributed by atoms with Gasteiger partial charge < -0.3 is 14.2 Å². The fourth-order valence-corrected chi connectivity index (χ4v) is 4.02. The molecule has 0 bridgehead atoms. The first-order chi connectivity index (χ1) is 9.69. The molecule has 1 aliphatic carbocycles. The zero-order valence-corrected chi connectivity index (χ0v) is 13.2. The number of benzene rings is 1. The Morgan fingerprint density at radius 1 is 1.05 bits per heavy atom. The number of carbonyl (C=O) groups excluding carboxylic acids is 1. The van der Waals surface area contributed by atoms with Crippen LogP contribution in [0.25, 0.3) is 0 Å². The summed E-state index contributed by atoms with van der Waals surface area (Å²) in [6, 6.07) is 3.46. The third-order valence-electron chi connectivity index (χ3n) is 3.63. The van der Waals surface area contributed by atoms with Gasteiger partial charge in [0.2, 0.25) is 0 Å². The van der Waals surface area contributed by atoms with E-state index >= 15 is 0 Å². The van der Waals surface area contributed by atoms with Crippen LogP contribution in [0.5, 0.6) is 17.2 Å². The number of carbonyl (C=O) groups is 1. The van der Waals surface area contributed by atoms with E-state index in [4.69, 9.17) is 14.2 Å². The first-order valence-corrected chi connectivity index (χ1v) is 7.88. The molecule has 112 valence electrons. The van der Waals surface area contributed by atoms with E-state index in [2.05, 4.69) is 0 Å². The number of ether oxygens (including phenoxy) is 3. The Labute approximate surface area is 139 Å². The van der Waals surface area contributed by atoms with E-state index in [9.17, 15) is 4.79 Å². The van der Waals surface area contributed by atoms with Crippen LogP contribution >= 0.6 is 8.58 Å². The molecule has 1 aliphatic rings. The van der Waals surface area contributed by atoms with Crippen LogP contribution in [0, 0.1) is 0 Å². The van der Waals surface area contributed by atoms with Crippen molar-refractivity contribution < 1.29 is 19.0 Å². The molecular formula is C15H22LiO4P. The number of hydrogen-bond donors (Lipinski definition) is 0. The molecule has 0 aromatic heterocycles. The normalized spacial score (nSPS) is 15.0. The van der Waals surface area contributed by atoms with Crippen molar-refractivity contribution in [3.63, 3.8) is 0 Å². The summed E-state index contributed by atoms with van der Waals surface area (Å²) in [5.74, 6) is 1.67. The van der Waals surface area contributed by atoms with Crippen molar-refractivity contribution in [2.24, 2.45) is 0 Å². The summed E-state index contributed by atoms with van der Waals surface area (Å²) < 4.78 is 15.9. The number of rotatable bonds is 6. The molecule has 1 atom stereocenters. The summed E-state index contributed by atoms with van der Waals surface area (Å²) in [7, 11) is 4.99. The van der Waals surface area contributed by atoms with Gasteiger partial charge in [-0.15, -0.1) is 0 Å². The Kier molecular flexibility index (Phi) is 7.60. The third kappa shape index (κ3) is 4.39. The number of hydrogen-bond acceptors (Lipinski definition) is 4. The first kappa shape index (κ1) is 18.4. The van der Waals surface area contributed by atoms with Gasteiger partial charge in [-0.2, -0.15) is 0 Å². The van der Waals surface area contributed by atoms with Crippen LogP contribution < -0.4 is 14.2 Å². The Morgan fingerprint density at radius 3 is 2.00 bits per heavy atom. The Bertz CT molecular complexity index is 462.